The highest BCUT2D eigenvalue weighted by Crippen LogP contribution is 2.29. The highest BCUT2D eigenvalue weighted by atomic mass is 35.5. The fraction of sp³-hybridized carbons (Fsp3) is 0.176. The second kappa shape index (κ2) is 6.48. The van der Waals surface area contributed by atoms with Crippen LogP contribution in [-0.2, 0) is 0 Å². The molecule has 0 amide bonds. The maximum Gasteiger partial charge on any atom is 0.184 e. The molecular weight excluding hydrogens is 351 g/mol. The zero-order valence-electron chi connectivity index (χ0n) is 12.6. The van der Waals surface area contributed by atoms with Crippen LogP contribution in [0.2, 0.25) is 10.0 Å². The summed E-state index contributed by atoms with van der Waals surface area (Å²) in [6.07, 6.45) is 0. The Morgan fingerprint density at radius 1 is 1.17 bits per heavy atom. The second-order valence-corrected chi connectivity index (χ2v) is 7.12. The molecule has 2 aromatic carbocycles. The number of Topliss-reactive ketones (excluding diaryl/α,β-unsaturated/α-hetero) is 1. The normalized spacial score (nSPS) is 11.0. The van der Waals surface area contributed by atoms with Crippen LogP contribution >= 0.6 is 34.5 Å². The molecule has 23 heavy (non-hydrogen) atoms. The van der Waals surface area contributed by atoms with Crippen molar-refractivity contribution in [3.63, 3.8) is 0 Å². The molecule has 0 saturated carbocycles. The molecule has 0 aliphatic rings. The van der Waals surface area contributed by atoms with Gasteiger partial charge < -0.3 is 5.32 Å². The van der Waals surface area contributed by atoms with Crippen molar-refractivity contribution < 1.29 is 4.79 Å². The Kier molecular flexibility index (Phi) is 4.57. The highest BCUT2D eigenvalue weighted by Gasteiger charge is 2.11. The van der Waals surface area contributed by atoms with Crippen LogP contribution in [-0.4, -0.2) is 17.3 Å². The van der Waals surface area contributed by atoms with Crippen LogP contribution in [0.1, 0.15) is 21.5 Å². The number of nitrogens with zero attached hydrogens (tertiary/aromatic N) is 1. The van der Waals surface area contributed by atoms with Gasteiger partial charge in [0.05, 0.1) is 26.8 Å². The number of anilines is 1. The van der Waals surface area contributed by atoms with E-state index in [1.54, 1.807) is 29.5 Å². The Hall–Kier alpha value is -1.62. The zero-order valence-corrected chi connectivity index (χ0v) is 14.9. The molecule has 0 atom stereocenters. The Morgan fingerprint density at radius 3 is 2.70 bits per heavy atom. The average Bonchev–Trinajstić information content (AvgIpc) is 2.95. The number of ketones is 1. The molecule has 6 heteroatoms. The Morgan fingerprint density at radius 2 is 1.96 bits per heavy atom. The van der Waals surface area contributed by atoms with Crippen molar-refractivity contribution in [1.29, 1.82) is 0 Å². The third kappa shape index (κ3) is 3.34. The number of aryl methyl sites for hydroxylation is 2. The number of carbonyl (C=O) groups excluding carboxylic acids is 1. The van der Waals surface area contributed by atoms with E-state index in [1.807, 2.05) is 0 Å². The number of halogens is 2. The number of aromatic nitrogens is 1. The highest BCUT2D eigenvalue weighted by molar-refractivity contribution is 7.22. The zero-order chi connectivity index (χ0) is 16.6. The first-order valence-electron chi connectivity index (χ1n) is 7.04. The Labute approximate surface area is 148 Å². The van der Waals surface area contributed by atoms with E-state index in [-0.39, 0.29) is 12.3 Å². The van der Waals surface area contributed by atoms with Crippen LogP contribution in [0.15, 0.2) is 30.3 Å². The summed E-state index contributed by atoms with van der Waals surface area (Å²) in [7, 11) is 0. The molecule has 1 N–H and O–H groups in total. The van der Waals surface area contributed by atoms with Gasteiger partial charge in [0.2, 0.25) is 0 Å². The molecule has 0 aliphatic heterocycles. The van der Waals surface area contributed by atoms with Crippen molar-refractivity contribution in [2.24, 2.45) is 0 Å². The molecule has 3 rings (SSSR count). The van der Waals surface area contributed by atoms with Gasteiger partial charge in [-0.05, 0) is 49.2 Å². The largest absolute Gasteiger partial charge is 0.354 e. The molecule has 1 aromatic heterocycles. The predicted octanol–water partition coefficient (Wildman–Crippen LogP) is 5.51. The van der Waals surface area contributed by atoms with Crippen LogP contribution in [0.5, 0.6) is 0 Å². The summed E-state index contributed by atoms with van der Waals surface area (Å²) < 4.78 is 1.11. The molecule has 0 radical (unpaired) electrons. The molecule has 1 heterocycles. The third-order valence-electron chi connectivity index (χ3n) is 3.73. The summed E-state index contributed by atoms with van der Waals surface area (Å²) in [5, 5.41) is 4.65. The van der Waals surface area contributed by atoms with E-state index in [9.17, 15) is 4.79 Å². The van der Waals surface area contributed by atoms with E-state index in [1.165, 1.54) is 11.1 Å². The van der Waals surface area contributed by atoms with Gasteiger partial charge in [0.15, 0.2) is 10.9 Å². The van der Waals surface area contributed by atoms with Gasteiger partial charge in [0.1, 0.15) is 0 Å². The standard InChI is InChI=1S/C17H14Cl2N2OS/c1-9-3-6-15-16(10(9)2)21-17(23-15)20-8-14(22)11-4-5-12(18)13(19)7-11/h3-7H,8H2,1-2H3,(H,20,21). The van der Waals surface area contributed by atoms with Gasteiger partial charge in [-0.25, -0.2) is 4.98 Å². The summed E-state index contributed by atoms with van der Waals surface area (Å²) in [5.74, 6) is -0.0595. The number of carbonyl (C=O) groups is 1. The lowest BCUT2D eigenvalue weighted by Gasteiger charge is -2.03. The number of rotatable bonds is 4. The summed E-state index contributed by atoms with van der Waals surface area (Å²) in [5.41, 5.74) is 3.89. The van der Waals surface area contributed by atoms with E-state index < -0.39 is 0 Å². The Balaban J connectivity index is 1.76. The first-order chi connectivity index (χ1) is 11.0. The van der Waals surface area contributed by atoms with Gasteiger partial charge in [-0.15, -0.1) is 0 Å². The van der Waals surface area contributed by atoms with E-state index in [4.69, 9.17) is 23.2 Å². The fourth-order valence-corrected chi connectivity index (χ4v) is 3.45. The monoisotopic (exact) mass is 364 g/mol. The van der Waals surface area contributed by atoms with E-state index in [2.05, 4.69) is 36.3 Å². The SMILES string of the molecule is Cc1ccc2sc(NCC(=O)c3ccc(Cl)c(Cl)c3)nc2c1C. The first-order valence-corrected chi connectivity index (χ1v) is 8.62. The number of nitrogens with one attached hydrogen (secondary N) is 1. The summed E-state index contributed by atoms with van der Waals surface area (Å²) in [4.78, 5) is 16.8. The van der Waals surface area contributed by atoms with E-state index in [0.717, 1.165) is 15.3 Å². The van der Waals surface area contributed by atoms with Crippen LogP contribution in [0.4, 0.5) is 5.13 Å². The van der Waals surface area contributed by atoms with Gasteiger partial charge in [-0.3, -0.25) is 4.79 Å². The van der Waals surface area contributed by atoms with Crippen molar-refractivity contribution in [3.8, 4) is 0 Å². The molecule has 0 spiro atoms. The number of benzene rings is 2. The maximum absolute atomic E-state index is 12.2. The lowest BCUT2D eigenvalue weighted by Crippen LogP contribution is -2.13. The summed E-state index contributed by atoms with van der Waals surface area (Å²) in [6.45, 7) is 4.28. The minimum atomic E-state index is -0.0595. The minimum Gasteiger partial charge on any atom is -0.354 e. The van der Waals surface area contributed by atoms with Gasteiger partial charge >= 0.3 is 0 Å². The van der Waals surface area contributed by atoms with Gasteiger partial charge in [-0.2, -0.15) is 0 Å². The molecule has 0 unspecified atom stereocenters. The van der Waals surface area contributed by atoms with Gasteiger partial charge in [0, 0.05) is 5.56 Å². The predicted molar refractivity (Wildman–Crippen MR) is 98.4 cm³/mol. The molecule has 0 bridgehead atoms. The molecular formula is C17H14Cl2N2OS. The maximum atomic E-state index is 12.2. The smallest absolute Gasteiger partial charge is 0.184 e. The van der Waals surface area contributed by atoms with Crippen molar-refractivity contribution in [2.45, 2.75) is 13.8 Å². The second-order valence-electron chi connectivity index (χ2n) is 5.28. The fourth-order valence-electron chi connectivity index (χ4n) is 2.23. The lowest BCUT2D eigenvalue weighted by molar-refractivity contribution is 0.101. The number of thiazole rings is 1. The van der Waals surface area contributed by atoms with Gasteiger partial charge in [-0.1, -0.05) is 40.6 Å². The molecule has 0 fully saturated rings. The molecule has 3 aromatic rings. The third-order valence-corrected chi connectivity index (χ3v) is 5.44. The lowest BCUT2D eigenvalue weighted by atomic mass is 10.1. The minimum absolute atomic E-state index is 0.0595. The van der Waals surface area contributed by atoms with Crippen LogP contribution in [0.3, 0.4) is 0 Å². The van der Waals surface area contributed by atoms with Crippen molar-refractivity contribution in [3.05, 3.63) is 57.1 Å². The molecule has 0 saturated heterocycles. The quantitative estimate of drug-likeness (QED) is 0.620. The summed E-state index contributed by atoms with van der Waals surface area (Å²) in [6, 6.07) is 9.02. The van der Waals surface area contributed by atoms with Crippen LogP contribution in [0, 0.1) is 13.8 Å². The van der Waals surface area contributed by atoms with Crippen molar-refractivity contribution in [1.82, 2.24) is 4.98 Å². The average molecular weight is 365 g/mol. The Bertz CT molecular complexity index is 905. The van der Waals surface area contributed by atoms with E-state index in [0.29, 0.717) is 15.6 Å². The van der Waals surface area contributed by atoms with Gasteiger partial charge in [0.25, 0.3) is 0 Å². The topological polar surface area (TPSA) is 42.0 Å². The van der Waals surface area contributed by atoms with Crippen LogP contribution in [0.25, 0.3) is 10.2 Å². The van der Waals surface area contributed by atoms with Crippen LogP contribution < -0.4 is 5.32 Å². The van der Waals surface area contributed by atoms with E-state index >= 15 is 0 Å². The van der Waals surface area contributed by atoms with Crippen molar-refractivity contribution in [2.75, 3.05) is 11.9 Å². The molecule has 0 aliphatic carbocycles. The number of fused-ring (bicyclic) bond motifs is 1. The van der Waals surface area contributed by atoms with Crippen molar-refractivity contribution >= 4 is 55.7 Å². The first kappa shape index (κ1) is 16.2. The molecule has 118 valence electrons. The number of hydrogen-bond donors (Lipinski definition) is 1. The summed E-state index contributed by atoms with van der Waals surface area (Å²) >= 11 is 13.4. The number of hydrogen-bond acceptors (Lipinski definition) is 4. The molecule has 3 nitrogen and oxygen atoms in total.